The third kappa shape index (κ3) is 2.80. The molecule has 0 radical (unpaired) electrons. The Balaban J connectivity index is 3.56. The highest BCUT2D eigenvalue weighted by molar-refractivity contribution is 5.58. The van der Waals surface area contributed by atoms with E-state index in [1.807, 2.05) is 30.4 Å². The molecule has 1 aliphatic rings. The molecule has 1 atom stereocenters. The van der Waals surface area contributed by atoms with Crippen molar-refractivity contribution in [2.45, 2.75) is 31.2 Å². The molecular weight excluding hydrogens is 270 g/mol. The maximum absolute atomic E-state index is 11.8. The Kier molecular flexibility index (Phi) is 6.76. The molecule has 0 aromatic heterocycles. The maximum Gasteiger partial charge on any atom is 0.125 e. The lowest BCUT2D eigenvalue weighted by atomic mass is 9.59. The number of nitrogens with zero attached hydrogens (tertiary/aromatic N) is 1. The molecule has 0 amide bonds. The van der Waals surface area contributed by atoms with Gasteiger partial charge in [0.25, 0.3) is 0 Å². The summed E-state index contributed by atoms with van der Waals surface area (Å²) in [5.74, 6) is -0.0525. The zero-order valence-electron chi connectivity index (χ0n) is 13.7. The predicted octanol–water partition coefficient (Wildman–Crippen LogP) is 4.33. The van der Waals surface area contributed by atoms with Crippen molar-refractivity contribution in [1.29, 1.82) is 0 Å². The smallest absolute Gasteiger partial charge is 0.125 e. The molecule has 1 heterocycles. The van der Waals surface area contributed by atoms with Gasteiger partial charge >= 0.3 is 0 Å². The minimum atomic E-state index is -0.219. The van der Waals surface area contributed by atoms with E-state index in [-0.39, 0.29) is 16.9 Å². The van der Waals surface area contributed by atoms with E-state index >= 15 is 0 Å². The first kappa shape index (κ1) is 18.4. The average Bonchev–Trinajstić information content (AvgIpc) is 2.72. The number of rotatable bonds is 11. The Hall–Kier alpha value is -1.67. The number of hydrogen-bond donors (Lipinski definition) is 0. The molecule has 0 aliphatic carbocycles. The van der Waals surface area contributed by atoms with Crippen LogP contribution < -0.4 is 0 Å². The molecule has 120 valence electrons. The van der Waals surface area contributed by atoms with Gasteiger partial charge in [-0.25, -0.2) is 0 Å². The van der Waals surface area contributed by atoms with E-state index in [0.29, 0.717) is 0 Å². The summed E-state index contributed by atoms with van der Waals surface area (Å²) in [5, 5.41) is 0. The average molecular weight is 299 g/mol. The van der Waals surface area contributed by atoms with Gasteiger partial charge in [0.2, 0.25) is 0 Å². The van der Waals surface area contributed by atoms with Gasteiger partial charge < -0.3 is 4.79 Å². The summed E-state index contributed by atoms with van der Waals surface area (Å²) in [4.78, 5) is 14.2. The van der Waals surface area contributed by atoms with Crippen molar-refractivity contribution in [2.75, 3.05) is 13.1 Å². The third-order valence-corrected chi connectivity index (χ3v) is 5.15. The molecule has 0 bridgehead atoms. The van der Waals surface area contributed by atoms with E-state index in [1.165, 1.54) is 0 Å². The Morgan fingerprint density at radius 2 is 1.36 bits per heavy atom. The van der Waals surface area contributed by atoms with Gasteiger partial charge in [0.05, 0.1) is 0 Å². The van der Waals surface area contributed by atoms with Crippen LogP contribution in [0.15, 0.2) is 63.3 Å². The summed E-state index contributed by atoms with van der Waals surface area (Å²) in [5.41, 5.74) is -0.414. The van der Waals surface area contributed by atoms with Crippen LogP contribution in [0.4, 0.5) is 0 Å². The highest BCUT2D eigenvalue weighted by atomic mass is 16.1. The Bertz CT molecular complexity index is 429. The second-order valence-electron chi connectivity index (χ2n) is 6.10. The quantitative estimate of drug-likeness (QED) is 0.418. The van der Waals surface area contributed by atoms with Gasteiger partial charge in [-0.2, -0.15) is 0 Å². The molecule has 2 heteroatoms. The Morgan fingerprint density at radius 3 is 1.73 bits per heavy atom. The van der Waals surface area contributed by atoms with Crippen LogP contribution in [0.5, 0.6) is 0 Å². The van der Waals surface area contributed by atoms with Crippen LogP contribution in [0, 0.1) is 11.3 Å². The van der Waals surface area contributed by atoms with Gasteiger partial charge in [-0.1, -0.05) is 30.4 Å². The van der Waals surface area contributed by atoms with E-state index in [4.69, 9.17) is 0 Å². The van der Waals surface area contributed by atoms with Crippen molar-refractivity contribution in [2.24, 2.45) is 11.3 Å². The molecule has 0 saturated carbocycles. The normalized spacial score (nSPS) is 22.6. The van der Waals surface area contributed by atoms with Crippen molar-refractivity contribution < 1.29 is 4.79 Å². The first-order valence-corrected chi connectivity index (χ1v) is 7.87. The van der Waals surface area contributed by atoms with Crippen LogP contribution in [0.1, 0.15) is 25.7 Å². The summed E-state index contributed by atoms with van der Waals surface area (Å²) in [6.45, 7) is 21.2. The summed E-state index contributed by atoms with van der Waals surface area (Å²) >= 11 is 0. The van der Waals surface area contributed by atoms with Gasteiger partial charge in [0, 0.05) is 30.0 Å². The first-order valence-electron chi connectivity index (χ1n) is 7.87. The van der Waals surface area contributed by atoms with Crippen molar-refractivity contribution >= 4 is 6.29 Å². The number of allylic oxidation sites excluding steroid dienone is 2. The lowest BCUT2D eigenvalue weighted by Gasteiger charge is -2.50. The molecule has 2 nitrogen and oxygen atoms in total. The second-order valence-corrected chi connectivity index (χ2v) is 6.10. The van der Waals surface area contributed by atoms with E-state index in [1.54, 1.807) is 0 Å². The number of carbonyl (C=O) groups is 1. The van der Waals surface area contributed by atoms with E-state index in [9.17, 15) is 4.79 Å². The number of likely N-dealkylation sites (tertiary alicyclic amines) is 1. The largest absolute Gasteiger partial charge is 0.303 e. The topological polar surface area (TPSA) is 20.3 Å². The number of aldehydes is 1. The monoisotopic (exact) mass is 299 g/mol. The molecule has 0 N–H and O–H groups in total. The van der Waals surface area contributed by atoms with Crippen LogP contribution in [0.2, 0.25) is 0 Å². The van der Waals surface area contributed by atoms with Gasteiger partial charge in [-0.05, 0) is 25.7 Å². The van der Waals surface area contributed by atoms with Crippen molar-refractivity contribution in [3.8, 4) is 0 Å². The van der Waals surface area contributed by atoms with Crippen LogP contribution in [-0.2, 0) is 4.79 Å². The van der Waals surface area contributed by atoms with E-state index in [2.05, 4.69) is 37.8 Å². The SMILES string of the molecule is C=CCN1CC(C=O)C(CC=C)(CC=C)C1(CC=C)CC=C. The van der Waals surface area contributed by atoms with Crippen molar-refractivity contribution in [3.63, 3.8) is 0 Å². The second kappa shape index (κ2) is 8.09. The van der Waals surface area contributed by atoms with Crippen LogP contribution in [0.25, 0.3) is 0 Å². The van der Waals surface area contributed by atoms with Gasteiger partial charge in [0.1, 0.15) is 6.29 Å². The molecule has 0 spiro atoms. The molecule has 0 aromatic rings. The molecule has 1 fully saturated rings. The summed E-state index contributed by atoms with van der Waals surface area (Å²) in [7, 11) is 0. The van der Waals surface area contributed by atoms with Gasteiger partial charge in [0.15, 0.2) is 0 Å². The fourth-order valence-corrected chi connectivity index (χ4v) is 4.33. The Morgan fingerprint density at radius 1 is 0.864 bits per heavy atom. The first-order chi connectivity index (χ1) is 10.6. The standard InChI is InChI=1S/C20H29NO/c1-6-11-19(12-7-2)18(17-22)16-21(15-10-5)20(19,13-8-3)14-9-4/h6-10,17-18H,1-5,11-16H2. The predicted molar refractivity (Wildman–Crippen MR) is 95.7 cm³/mol. The molecule has 22 heavy (non-hydrogen) atoms. The number of hydrogen-bond acceptors (Lipinski definition) is 2. The zero-order chi connectivity index (χ0) is 16.6. The van der Waals surface area contributed by atoms with Crippen molar-refractivity contribution in [3.05, 3.63) is 63.3 Å². The Labute approximate surface area is 135 Å². The summed E-state index contributed by atoms with van der Waals surface area (Å²) in [6.07, 6.45) is 13.9. The zero-order valence-corrected chi connectivity index (χ0v) is 13.7. The van der Waals surface area contributed by atoms with Crippen LogP contribution in [-0.4, -0.2) is 29.8 Å². The molecule has 1 rings (SSSR count). The van der Waals surface area contributed by atoms with Crippen LogP contribution >= 0.6 is 0 Å². The minimum absolute atomic E-state index is 0.0525. The van der Waals surface area contributed by atoms with Crippen LogP contribution in [0.3, 0.4) is 0 Å². The highest BCUT2D eigenvalue weighted by Crippen LogP contribution is 2.57. The van der Waals surface area contributed by atoms with Gasteiger partial charge in [-0.15, -0.1) is 32.9 Å². The maximum atomic E-state index is 11.8. The fraction of sp³-hybridized carbons (Fsp3) is 0.450. The molecule has 1 saturated heterocycles. The molecule has 1 aliphatic heterocycles. The lowest BCUT2D eigenvalue weighted by molar-refractivity contribution is -0.114. The fourth-order valence-electron chi connectivity index (χ4n) is 4.33. The summed E-state index contributed by atoms with van der Waals surface area (Å²) < 4.78 is 0. The lowest BCUT2D eigenvalue weighted by Crippen LogP contribution is -2.54. The van der Waals surface area contributed by atoms with E-state index < -0.39 is 0 Å². The van der Waals surface area contributed by atoms with Gasteiger partial charge in [-0.3, -0.25) is 4.90 Å². The third-order valence-electron chi connectivity index (χ3n) is 5.15. The summed E-state index contributed by atoms with van der Waals surface area (Å²) in [6, 6.07) is 0. The van der Waals surface area contributed by atoms with Crippen molar-refractivity contribution in [1.82, 2.24) is 4.90 Å². The minimum Gasteiger partial charge on any atom is -0.303 e. The molecular formula is C20H29NO. The number of carbonyl (C=O) groups excluding carboxylic acids is 1. The molecule has 1 unspecified atom stereocenters. The van der Waals surface area contributed by atoms with E-state index in [0.717, 1.165) is 45.1 Å². The highest BCUT2D eigenvalue weighted by Gasteiger charge is 2.60. The molecule has 0 aromatic carbocycles.